The second-order valence-corrected chi connectivity index (χ2v) is 7.10. The van der Waals surface area contributed by atoms with E-state index in [2.05, 4.69) is 15.3 Å². The van der Waals surface area contributed by atoms with Gasteiger partial charge in [-0.1, -0.05) is 11.3 Å². The summed E-state index contributed by atoms with van der Waals surface area (Å²) in [6.07, 6.45) is 11.4. The first-order valence-corrected chi connectivity index (χ1v) is 9.10. The lowest BCUT2D eigenvalue weighted by molar-refractivity contribution is 0.0729. The molecule has 1 amide bonds. The summed E-state index contributed by atoms with van der Waals surface area (Å²) in [6, 6.07) is 4.64. The van der Waals surface area contributed by atoms with E-state index in [4.69, 9.17) is 5.73 Å². The highest BCUT2D eigenvalue weighted by Crippen LogP contribution is 2.33. The topological polar surface area (TPSA) is 89.9 Å². The molecule has 1 aliphatic heterocycles. The molecule has 3 heterocycles. The summed E-state index contributed by atoms with van der Waals surface area (Å²) in [5.41, 5.74) is 7.49. The van der Waals surface area contributed by atoms with Crippen LogP contribution >= 0.6 is 0 Å². The maximum atomic E-state index is 12.9. The number of carbonyl (C=O) groups is 1. The van der Waals surface area contributed by atoms with Gasteiger partial charge in [0.25, 0.3) is 5.91 Å². The van der Waals surface area contributed by atoms with Crippen LogP contribution in [0.1, 0.15) is 66.7 Å². The lowest BCUT2D eigenvalue weighted by atomic mass is 9.92. The lowest BCUT2D eigenvalue weighted by Gasteiger charge is -2.25. The van der Waals surface area contributed by atoms with Gasteiger partial charge in [-0.15, -0.1) is 5.10 Å². The standard InChI is InChI=1S/C18H24N6O/c19-14-5-7-15(8-6-14)24-12-16(21-22-24)18(25)23-10-2-4-17(23)13-3-1-9-20-11-13/h1,3,9,11-12,14-15,17H,2,4-8,10,19H2/t14?,15?,17-/m1/s1. The molecule has 2 N–H and O–H groups in total. The predicted octanol–water partition coefficient (Wildman–Crippen LogP) is 2.09. The van der Waals surface area contributed by atoms with Gasteiger partial charge < -0.3 is 10.6 Å². The molecule has 132 valence electrons. The van der Waals surface area contributed by atoms with E-state index in [9.17, 15) is 4.79 Å². The minimum atomic E-state index is -0.0369. The van der Waals surface area contributed by atoms with E-state index in [-0.39, 0.29) is 11.9 Å². The second kappa shape index (κ2) is 6.92. The third-order valence-electron chi connectivity index (χ3n) is 5.43. The predicted molar refractivity (Wildman–Crippen MR) is 92.8 cm³/mol. The highest BCUT2D eigenvalue weighted by Gasteiger charge is 2.32. The van der Waals surface area contributed by atoms with E-state index in [1.807, 2.05) is 34.1 Å². The summed E-state index contributed by atoms with van der Waals surface area (Å²) in [4.78, 5) is 19.0. The normalized spacial score (nSPS) is 26.8. The Morgan fingerprint density at radius 1 is 1.20 bits per heavy atom. The van der Waals surface area contributed by atoms with Crippen molar-refractivity contribution in [1.29, 1.82) is 0 Å². The molecule has 0 aromatic carbocycles. The molecule has 2 aromatic rings. The number of carbonyl (C=O) groups excluding carboxylic acids is 1. The van der Waals surface area contributed by atoms with Gasteiger partial charge in [0.2, 0.25) is 0 Å². The SMILES string of the molecule is NC1CCC(n2cc(C(=O)N3CCC[C@@H]3c3cccnc3)nn2)CC1. The van der Waals surface area contributed by atoms with E-state index in [1.54, 1.807) is 6.20 Å². The van der Waals surface area contributed by atoms with Gasteiger partial charge in [-0.05, 0) is 50.2 Å². The summed E-state index contributed by atoms with van der Waals surface area (Å²) < 4.78 is 1.86. The fourth-order valence-electron chi connectivity index (χ4n) is 4.00. The Morgan fingerprint density at radius 3 is 2.80 bits per heavy atom. The molecule has 1 saturated carbocycles. The van der Waals surface area contributed by atoms with E-state index < -0.39 is 0 Å². The number of aromatic nitrogens is 4. The van der Waals surface area contributed by atoms with Crippen LogP contribution in [0.5, 0.6) is 0 Å². The Hall–Kier alpha value is -2.28. The first kappa shape index (κ1) is 16.2. The van der Waals surface area contributed by atoms with Crippen LogP contribution in [0.4, 0.5) is 0 Å². The highest BCUT2D eigenvalue weighted by atomic mass is 16.2. The highest BCUT2D eigenvalue weighted by molar-refractivity contribution is 5.92. The average molecular weight is 340 g/mol. The molecule has 7 heteroatoms. The van der Waals surface area contributed by atoms with Crippen LogP contribution in [0, 0.1) is 0 Å². The molecule has 0 spiro atoms. The molecule has 1 atom stereocenters. The number of rotatable bonds is 3. The number of likely N-dealkylation sites (tertiary alicyclic amines) is 1. The maximum Gasteiger partial charge on any atom is 0.276 e. The molecule has 1 aliphatic carbocycles. The van der Waals surface area contributed by atoms with Crippen molar-refractivity contribution in [3.8, 4) is 0 Å². The minimum Gasteiger partial charge on any atom is -0.330 e. The maximum absolute atomic E-state index is 12.9. The zero-order valence-electron chi connectivity index (χ0n) is 14.3. The summed E-state index contributed by atoms with van der Waals surface area (Å²) in [5.74, 6) is -0.0369. The quantitative estimate of drug-likeness (QED) is 0.924. The Balaban J connectivity index is 1.49. The smallest absolute Gasteiger partial charge is 0.276 e. The van der Waals surface area contributed by atoms with Gasteiger partial charge in [0.1, 0.15) is 0 Å². The van der Waals surface area contributed by atoms with E-state index in [1.165, 1.54) is 0 Å². The van der Waals surface area contributed by atoms with Crippen LogP contribution < -0.4 is 5.73 Å². The van der Waals surface area contributed by atoms with Crippen molar-refractivity contribution >= 4 is 5.91 Å². The van der Waals surface area contributed by atoms with Crippen molar-refractivity contribution in [2.75, 3.05) is 6.54 Å². The van der Waals surface area contributed by atoms with Crippen LogP contribution in [0.25, 0.3) is 0 Å². The number of pyridine rings is 1. The molecule has 0 bridgehead atoms. The Bertz CT molecular complexity index is 722. The van der Waals surface area contributed by atoms with Gasteiger partial charge in [0, 0.05) is 25.0 Å². The van der Waals surface area contributed by atoms with Crippen LogP contribution in [-0.4, -0.2) is 43.4 Å². The first-order valence-electron chi connectivity index (χ1n) is 9.10. The van der Waals surface area contributed by atoms with Crippen LogP contribution in [-0.2, 0) is 0 Å². The monoisotopic (exact) mass is 340 g/mol. The van der Waals surface area contributed by atoms with Crippen LogP contribution in [0.2, 0.25) is 0 Å². The van der Waals surface area contributed by atoms with E-state index in [0.717, 1.165) is 50.6 Å². The van der Waals surface area contributed by atoms with Gasteiger partial charge in [0.05, 0.1) is 18.3 Å². The van der Waals surface area contributed by atoms with Crippen molar-refractivity contribution in [3.05, 3.63) is 42.0 Å². The van der Waals surface area contributed by atoms with Gasteiger partial charge in [-0.25, -0.2) is 4.68 Å². The third-order valence-corrected chi connectivity index (χ3v) is 5.43. The summed E-state index contributed by atoms with van der Waals surface area (Å²) >= 11 is 0. The number of hydrogen-bond acceptors (Lipinski definition) is 5. The van der Waals surface area contributed by atoms with Crippen molar-refractivity contribution < 1.29 is 4.79 Å². The van der Waals surface area contributed by atoms with Gasteiger partial charge in [-0.2, -0.15) is 0 Å². The largest absolute Gasteiger partial charge is 0.330 e. The molecular weight excluding hydrogens is 316 g/mol. The van der Waals surface area contributed by atoms with Crippen molar-refractivity contribution in [2.24, 2.45) is 5.73 Å². The molecule has 7 nitrogen and oxygen atoms in total. The van der Waals surface area contributed by atoms with Crippen LogP contribution in [0.3, 0.4) is 0 Å². The number of hydrogen-bond donors (Lipinski definition) is 1. The number of nitrogens with zero attached hydrogens (tertiary/aromatic N) is 5. The molecule has 4 rings (SSSR count). The number of nitrogens with two attached hydrogens (primary N) is 1. The zero-order chi connectivity index (χ0) is 17.2. The molecule has 0 radical (unpaired) electrons. The molecule has 2 fully saturated rings. The van der Waals surface area contributed by atoms with E-state index in [0.29, 0.717) is 17.8 Å². The van der Waals surface area contributed by atoms with Crippen LogP contribution in [0.15, 0.2) is 30.7 Å². The summed E-state index contributed by atoms with van der Waals surface area (Å²) in [6.45, 7) is 0.754. The molecule has 2 aliphatic rings. The average Bonchev–Trinajstić information content (AvgIpc) is 3.32. The fraction of sp³-hybridized carbons (Fsp3) is 0.556. The molecule has 2 aromatic heterocycles. The third kappa shape index (κ3) is 3.28. The zero-order valence-corrected chi connectivity index (χ0v) is 14.3. The molecule has 25 heavy (non-hydrogen) atoms. The molecule has 0 unspecified atom stereocenters. The van der Waals surface area contributed by atoms with Crippen molar-refractivity contribution in [3.63, 3.8) is 0 Å². The second-order valence-electron chi connectivity index (χ2n) is 7.10. The number of amides is 1. The Kier molecular flexibility index (Phi) is 4.48. The van der Waals surface area contributed by atoms with Crippen molar-refractivity contribution in [2.45, 2.75) is 56.7 Å². The summed E-state index contributed by atoms with van der Waals surface area (Å²) in [7, 11) is 0. The molecular formula is C18H24N6O. The Morgan fingerprint density at radius 2 is 2.04 bits per heavy atom. The molecule has 1 saturated heterocycles. The summed E-state index contributed by atoms with van der Waals surface area (Å²) in [5, 5.41) is 8.38. The van der Waals surface area contributed by atoms with E-state index >= 15 is 0 Å². The fourth-order valence-corrected chi connectivity index (χ4v) is 4.00. The van der Waals surface area contributed by atoms with Crippen molar-refractivity contribution in [1.82, 2.24) is 24.9 Å². The first-order chi connectivity index (χ1) is 12.2. The Labute approximate surface area is 147 Å². The van der Waals surface area contributed by atoms with Gasteiger partial charge in [0.15, 0.2) is 5.69 Å². The lowest BCUT2D eigenvalue weighted by Crippen LogP contribution is -2.31. The van der Waals surface area contributed by atoms with Gasteiger partial charge >= 0.3 is 0 Å². The minimum absolute atomic E-state index is 0.0369. The van der Waals surface area contributed by atoms with Gasteiger partial charge in [-0.3, -0.25) is 9.78 Å².